The highest BCUT2D eigenvalue weighted by Gasteiger charge is 2.26. The smallest absolute Gasteiger partial charge is 0.347 e. The minimum atomic E-state index is -0.855. The van der Waals surface area contributed by atoms with Gasteiger partial charge in [-0.05, 0) is 32.1 Å². The van der Waals surface area contributed by atoms with Gasteiger partial charge >= 0.3 is 5.97 Å². The molecule has 0 radical (unpaired) electrons. The molecule has 100 valence electrons. The van der Waals surface area contributed by atoms with Crippen LogP contribution in [0.3, 0.4) is 0 Å². The maximum atomic E-state index is 11.3. The first-order valence-corrected chi connectivity index (χ1v) is 7.33. The molecule has 1 aromatic rings. The maximum absolute atomic E-state index is 11.3. The molecule has 1 fully saturated rings. The van der Waals surface area contributed by atoms with Crippen LogP contribution in [-0.4, -0.2) is 28.6 Å². The van der Waals surface area contributed by atoms with E-state index in [0.717, 1.165) is 17.4 Å². The van der Waals surface area contributed by atoms with Gasteiger partial charge in [-0.1, -0.05) is 25.2 Å². The number of carboxylic acid groups (broad SMARTS) is 1. The van der Waals surface area contributed by atoms with Crippen LogP contribution in [-0.2, 0) is 0 Å². The fourth-order valence-electron chi connectivity index (χ4n) is 2.37. The van der Waals surface area contributed by atoms with Gasteiger partial charge in [0.2, 0.25) is 0 Å². The van der Waals surface area contributed by atoms with Crippen LogP contribution in [0, 0.1) is 0 Å². The lowest BCUT2D eigenvalue weighted by molar-refractivity contribution is 0.0700. The summed E-state index contributed by atoms with van der Waals surface area (Å²) in [5, 5.41) is 10.1. The molecule has 1 unspecified atom stereocenters. The third kappa shape index (κ3) is 2.51. The Morgan fingerprint density at radius 1 is 1.50 bits per heavy atom. The molecule has 2 heterocycles. The number of hydrogen-bond acceptors (Lipinski definition) is 4. The highest BCUT2D eigenvalue weighted by molar-refractivity contribution is 7.17. The van der Waals surface area contributed by atoms with Crippen LogP contribution in [0.15, 0.2) is 0 Å². The summed E-state index contributed by atoms with van der Waals surface area (Å²) in [6.07, 6.45) is 3.59. The molecule has 0 aromatic carbocycles. The Labute approximate surface area is 112 Å². The van der Waals surface area contributed by atoms with Gasteiger partial charge in [-0.15, -0.1) is 0 Å². The molecule has 0 aliphatic carbocycles. The summed E-state index contributed by atoms with van der Waals surface area (Å²) in [5.41, 5.74) is 0.722. The van der Waals surface area contributed by atoms with Gasteiger partial charge < -0.3 is 10.0 Å². The summed E-state index contributed by atoms with van der Waals surface area (Å²) in [4.78, 5) is 18.5. The van der Waals surface area contributed by atoms with Crippen LogP contribution in [0.4, 0.5) is 5.13 Å². The third-order valence-corrected chi connectivity index (χ3v) is 4.53. The lowest BCUT2D eigenvalue weighted by Crippen LogP contribution is -2.37. The van der Waals surface area contributed by atoms with Crippen LogP contribution in [0.5, 0.6) is 0 Å². The first-order valence-electron chi connectivity index (χ1n) is 6.51. The Hall–Kier alpha value is -1.10. The van der Waals surface area contributed by atoms with Gasteiger partial charge in [-0.25, -0.2) is 9.78 Å². The van der Waals surface area contributed by atoms with Gasteiger partial charge in [0.1, 0.15) is 4.88 Å². The Morgan fingerprint density at radius 3 is 2.72 bits per heavy atom. The van der Waals surface area contributed by atoms with E-state index in [1.807, 2.05) is 13.8 Å². The second-order valence-corrected chi connectivity index (χ2v) is 6.19. The highest BCUT2D eigenvalue weighted by atomic mass is 32.1. The van der Waals surface area contributed by atoms with Crippen LogP contribution in [0.1, 0.15) is 61.3 Å². The molecule has 1 aromatic heterocycles. The summed E-state index contributed by atoms with van der Waals surface area (Å²) in [5.74, 6) is -0.701. The van der Waals surface area contributed by atoms with E-state index in [1.54, 1.807) is 0 Å². The first-order chi connectivity index (χ1) is 8.50. The van der Waals surface area contributed by atoms with E-state index in [0.29, 0.717) is 10.9 Å². The van der Waals surface area contributed by atoms with E-state index in [9.17, 15) is 9.90 Å². The zero-order valence-electron chi connectivity index (χ0n) is 11.1. The van der Waals surface area contributed by atoms with Gasteiger partial charge in [0.05, 0.1) is 5.69 Å². The molecule has 1 aliphatic heterocycles. The van der Waals surface area contributed by atoms with Gasteiger partial charge in [-0.2, -0.15) is 0 Å². The second-order valence-electron chi connectivity index (χ2n) is 5.21. The average molecular weight is 268 g/mol. The maximum Gasteiger partial charge on any atom is 0.347 e. The number of aromatic nitrogens is 1. The van der Waals surface area contributed by atoms with Crippen molar-refractivity contribution in [1.82, 2.24) is 4.98 Å². The van der Waals surface area contributed by atoms with E-state index in [-0.39, 0.29) is 5.92 Å². The number of aromatic carboxylic acids is 1. The van der Waals surface area contributed by atoms with Gasteiger partial charge in [0.25, 0.3) is 0 Å². The number of carbonyl (C=O) groups is 1. The van der Waals surface area contributed by atoms with Crippen molar-refractivity contribution >= 4 is 22.4 Å². The molecule has 2 rings (SSSR count). The number of thiazole rings is 1. The number of carboxylic acids is 1. The number of piperidine rings is 1. The minimum Gasteiger partial charge on any atom is -0.477 e. The molecule has 1 aliphatic rings. The lowest BCUT2D eigenvalue weighted by atomic mass is 10.0. The second kappa shape index (κ2) is 5.26. The predicted octanol–water partition coefficient (Wildman–Crippen LogP) is 3.34. The highest BCUT2D eigenvalue weighted by Crippen LogP contribution is 2.33. The third-order valence-electron chi connectivity index (χ3n) is 3.43. The number of nitrogens with zero attached hydrogens (tertiary/aromatic N) is 2. The van der Waals surface area contributed by atoms with E-state index in [4.69, 9.17) is 0 Å². The summed E-state index contributed by atoms with van der Waals surface area (Å²) < 4.78 is 0. The normalized spacial score (nSPS) is 20.4. The molecule has 5 heteroatoms. The minimum absolute atomic E-state index is 0.154. The molecule has 4 nitrogen and oxygen atoms in total. The molecule has 0 spiro atoms. The standard InChI is InChI=1S/C13H20N2O2S/c1-8(2)10-11(12(16)17)18-13(14-10)15-7-5-4-6-9(15)3/h8-9H,4-7H2,1-3H3,(H,16,17). The summed E-state index contributed by atoms with van der Waals surface area (Å²) >= 11 is 1.32. The number of anilines is 1. The topological polar surface area (TPSA) is 53.4 Å². The zero-order valence-corrected chi connectivity index (χ0v) is 12.0. The van der Waals surface area contributed by atoms with Crippen molar-refractivity contribution in [1.29, 1.82) is 0 Å². The van der Waals surface area contributed by atoms with Crippen molar-refractivity contribution in [2.75, 3.05) is 11.4 Å². The van der Waals surface area contributed by atoms with Crippen molar-refractivity contribution in [3.8, 4) is 0 Å². The van der Waals surface area contributed by atoms with Crippen LogP contribution < -0.4 is 4.90 Å². The molecule has 0 amide bonds. The predicted molar refractivity (Wildman–Crippen MR) is 73.8 cm³/mol. The quantitative estimate of drug-likeness (QED) is 0.913. The number of hydrogen-bond donors (Lipinski definition) is 1. The lowest BCUT2D eigenvalue weighted by Gasteiger charge is -2.33. The summed E-state index contributed by atoms with van der Waals surface area (Å²) in [6, 6.07) is 0.464. The van der Waals surface area contributed by atoms with E-state index in [1.165, 1.54) is 30.6 Å². The average Bonchev–Trinajstić information content (AvgIpc) is 2.74. The van der Waals surface area contributed by atoms with Crippen LogP contribution >= 0.6 is 11.3 Å². The molecule has 0 saturated carbocycles. The first kappa shape index (κ1) is 13.3. The Balaban J connectivity index is 2.33. The summed E-state index contributed by atoms with van der Waals surface area (Å²) in [6.45, 7) is 7.16. The Kier molecular flexibility index (Phi) is 3.90. The molecular formula is C13H20N2O2S. The fourth-order valence-corrected chi connectivity index (χ4v) is 3.56. The SMILES string of the molecule is CC(C)c1nc(N2CCCCC2C)sc1C(=O)O. The van der Waals surface area contributed by atoms with E-state index < -0.39 is 5.97 Å². The monoisotopic (exact) mass is 268 g/mol. The molecule has 1 N–H and O–H groups in total. The van der Waals surface area contributed by atoms with Gasteiger partial charge in [0, 0.05) is 12.6 Å². The van der Waals surface area contributed by atoms with E-state index >= 15 is 0 Å². The zero-order chi connectivity index (χ0) is 13.3. The summed E-state index contributed by atoms with van der Waals surface area (Å²) in [7, 11) is 0. The van der Waals surface area contributed by atoms with Crippen molar-refractivity contribution in [2.45, 2.75) is 52.0 Å². The molecule has 18 heavy (non-hydrogen) atoms. The number of rotatable bonds is 3. The van der Waals surface area contributed by atoms with Gasteiger partial charge in [0.15, 0.2) is 5.13 Å². The molecule has 1 saturated heterocycles. The molecular weight excluding hydrogens is 248 g/mol. The van der Waals surface area contributed by atoms with Crippen molar-refractivity contribution in [3.63, 3.8) is 0 Å². The van der Waals surface area contributed by atoms with Gasteiger partial charge in [-0.3, -0.25) is 0 Å². The molecule has 1 atom stereocenters. The van der Waals surface area contributed by atoms with Crippen molar-refractivity contribution < 1.29 is 9.90 Å². The largest absolute Gasteiger partial charge is 0.477 e. The van der Waals surface area contributed by atoms with Crippen molar-refractivity contribution in [2.24, 2.45) is 0 Å². The Bertz CT molecular complexity index is 442. The van der Waals surface area contributed by atoms with Crippen LogP contribution in [0.2, 0.25) is 0 Å². The fraction of sp³-hybridized carbons (Fsp3) is 0.692. The Morgan fingerprint density at radius 2 is 2.22 bits per heavy atom. The van der Waals surface area contributed by atoms with Crippen molar-refractivity contribution in [3.05, 3.63) is 10.6 Å². The molecule has 0 bridgehead atoms. The van der Waals surface area contributed by atoms with Crippen LogP contribution in [0.25, 0.3) is 0 Å². The van der Waals surface area contributed by atoms with E-state index in [2.05, 4.69) is 16.8 Å².